The average molecular weight is 461 g/mol. The number of aliphatic hydroxyl groups is 1. The summed E-state index contributed by atoms with van der Waals surface area (Å²) in [6.07, 6.45) is -3.66. The molecule has 0 bridgehead atoms. The quantitative estimate of drug-likeness (QED) is 0.579. The fourth-order valence-electron chi connectivity index (χ4n) is 3.21. The van der Waals surface area contributed by atoms with E-state index in [0.29, 0.717) is 4.47 Å². The van der Waals surface area contributed by atoms with E-state index >= 15 is 0 Å². The lowest BCUT2D eigenvalue weighted by Crippen LogP contribution is -2.47. The molecule has 0 aliphatic carbocycles. The third-order valence-corrected chi connectivity index (χ3v) is 5.48. The van der Waals surface area contributed by atoms with Crippen molar-refractivity contribution in [3.63, 3.8) is 0 Å². The minimum absolute atomic E-state index is 0.0232. The molecular weight excluding hydrogens is 447 g/mol. The van der Waals surface area contributed by atoms with Crippen molar-refractivity contribution in [3.05, 3.63) is 85.7 Å². The molecule has 27 heavy (non-hydrogen) atoms. The van der Waals surface area contributed by atoms with E-state index in [1.165, 1.54) is 43.5 Å². The highest BCUT2D eigenvalue weighted by Crippen LogP contribution is 2.50. The number of nitrogens with zero attached hydrogens (tertiary/aromatic N) is 1. The molecule has 3 nitrogen and oxygen atoms in total. The molecule has 0 fully saturated rings. The van der Waals surface area contributed by atoms with Crippen LogP contribution in [0.2, 0.25) is 5.02 Å². The molecule has 0 saturated carbocycles. The second-order valence-corrected chi connectivity index (χ2v) is 7.52. The summed E-state index contributed by atoms with van der Waals surface area (Å²) >= 11 is 9.36. The highest BCUT2D eigenvalue weighted by atomic mass is 79.9. The smallest absolute Gasteiger partial charge is 0.376 e. The Kier molecular flexibility index (Phi) is 5.14. The predicted octanol–water partition coefficient (Wildman–Crippen LogP) is 5.27. The van der Waals surface area contributed by atoms with Crippen LogP contribution in [0.3, 0.4) is 0 Å². The van der Waals surface area contributed by atoms with Gasteiger partial charge in [0.2, 0.25) is 0 Å². The number of benzene rings is 1. The van der Waals surface area contributed by atoms with Gasteiger partial charge in [0.1, 0.15) is 0 Å². The van der Waals surface area contributed by atoms with Crippen LogP contribution in [-0.2, 0) is 5.60 Å². The van der Waals surface area contributed by atoms with Crippen LogP contribution in [0.5, 0.6) is 0 Å². The number of rotatable bonds is 3. The number of pyridine rings is 2. The van der Waals surface area contributed by atoms with Gasteiger partial charge in [-0.3, -0.25) is 9.20 Å². The number of hydrogen-bond donors (Lipinski definition) is 1. The Hall–Kier alpha value is -1.83. The Morgan fingerprint density at radius 3 is 2.48 bits per heavy atom. The van der Waals surface area contributed by atoms with Crippen molar-refractivity contribution in [3.8, 4) is 0 Å². The summed E-state index contributed by atoms with van der Waals surface area (Å²) in [5, 5.41) is 11.1. The number of hydrogen-bond acceptors (Lipinski definition) is 2. The molecule has 0 amide bonds. The molecule has 142 valence electrons. The third-order valence-electron chi connectivity index (χ3n) is 4.66. The molecule has 2 atom stereocenters. The zero-order valence-corrected chi connectivity index (χ0v) is 16.3. The minimum Gasteiger partial charge on any atom is -0.376 e. The zero-order valence-electron chi connectivity index (χ0n) is 14.0. The number of fused-ring (bicyclic) bond motifs is 1. The summed E-state index contributed by atoms with van der Waals surface area (Å²) in [7, 11) is 0. The van der Waals surface area contributed by atoms with Gasteiger partial charge in [-0.2, -0.15) is 13.2 Å². The summed E-state index contributed by atoms with van der Waals surface area (Å²) in [6, 6.07) is 10.9. The van der Waals surface area contributed by atoms with E-state index in [9.17, 15) is 23.1 Å². The van der Waals surface area contributed by atoms with Gasteiger partial charge in [0.15, 0.2) is 5.60 Å². The largest absolute Gasteiger partial charge is 0.422 e. The molecule has 3 aromatic rings. The minimum atomic E-state index is -5.02. The van der Waals surface area contributed by atoms with Crippen LogP contribution in [0.15, 0.2) is 64.0 Å². The molecule has 0 radical (unpaired) electrons. The van der Waals surface area contributed by atoms with Crippen LogP contribution in [0.25, 0.3) is 5.52 Å². The van der Waals surface area contributed by atoms with E-state index in [1.807, 2.05) is 0 Å². The van der Waals surface area contributed by atoms with Crippen molar-refractivity contribution in [1.82, 2.24) is 4.40 Å². The normalized spacial score (nSPS) is 15.5. The molecule has 0 saturated heterocycles. The summed E-state index contributed by atoms with van der Waals surface area (Å²) in [4.78, 5) is 12.0. The molecule has 1 aromatic carbocycles. The summed E-state index contributed by atoms with van der Waals surface area (Å²) in [5.74, 6) is -1.43. The van der Waals surface area contributed by atoms with Crippen LogP contribution in [0.1, 0.15) is 24.0 Å². The first-order chi connectivity index (χ1) is 12.6. The van der Waals surface area contributed by atoms with E-state index in [2.05, 4.69) is 15.9 Å². The Balaban J connectivity index is 2.32. The summed E-state index contributed by atoms with van der Waals surface area (Å²) in [6.45, 7) is 1.26. The summed E-state index contributed by atoms with van der Waals surface area (Å²) in [5.41, 5.74) is -4.05. The van der Waals surface area contributed by atoms with Crippen molar-refractivity contribution in [2.45, 2.75) is 24.6 Å². The van der Waals surface area contributed by atoms with Crippen molar-refractivity contribution < 1.29 is 18.3 Å². The first-order valence-electron chi connectivity index (χ1n) is 7.92. The molecular formula is C19H14BrClF3NO2. The molecule has 3 rings (SSSR count). The molecule has 2 aromatic heterocycles. The second-order valence-electron chi connectivity index (χ2n) is 6.19. The van der Waals surface area contributed by atoms with Gasteiger partial charge in [0.25, 0.3) is 5.56 Å². The van der Waals surface area contributed by atoms with Crippen molar-refractivity contribution in [2.24, 2.45) is 0 Å². The third kappa shape index (κ3) is 3.28. The monoisotopic (exact) mass is 459 g/mol. The van der Waals surface area contributed by atoms with Gasteiger partial charge < -0.3 is 5.11 Å². The maximum absolute atomic E-state index is 14.2. The molecule has 0 aliphatic rings. The average Bonchev–Trinajstić information content (AvgIpc) is 2.60. The van der Waals surface area contributed by atoms with Crippen molar-refractivity contribution in [2.75, 3.05) is 0 Å². The second kappa shape index (κ2) is 6.96. The van der Waals surface area contributed by atoms with Gasteiger partial charge in [-0.15, -0.1) is 0 Å². The summed E-state index contributed by atoms with van der Waals surface area (Å²) < 4.78 is 44.2. The topological polar surface area (TPSA) is 41.7 Å². The van der Waals surface area contributed by atoms with Gasteiger partial charge in [0, 0.05) is 33.2 Å². The Bertz CT molecular complexity index is 1070. The molecule has 8 heteroatoms. The van der Waals surface area contributed by atoms with Gasteiger partial charge in [-0.1, -0.05) is 46.6 Å². The maximum Gasteiger partial charge on any atom is 0.422 e. The van der Waals surface area contributed by atoms with E-state index in [1.54, 1.807) is 6.07 Å². The lowest BCUT2D eigenvalue weighted by molar-refractivity contribution is -0.274. The molecule has 2 heterocycles. The van der Waals surface area contributed by atoms with E-state index < -0.39 is 28.8 Å². The fraction of sp³-hybridized carbons (Fsp3) is 0.211. The van der Waals surface area contributed by atoms with Gasteiger partial charge in [-0.05, 0) is 35.9 Å². The van der Waals surface area contributed by atoms with Crippen molar-refractivity contribution in [1.29, 1.82) is 0 Å². The molecule has 0 spiro atoms. The van der Waals surface area contributed by atoms with Crippen molar-refractivity contribution >= 4 is 33.0 Å². The van der Waals surface area contributed by atoms with Crippen LogP contribution >= 0.6 is 27.5 Å². The number of alkyl halides is 3. The first kappa shape index (κ1) is 19.9. The van der Waals surface area contributed by atoms with Crippen LogP contribution < -0.4 is 5.56 Å². The van der Waals surface area contributed by atoms with Gasteiger partial charge >= 0.3 is 6.18 Å². The number of halogens is 5. The highest BCUT2D eigenvalue weighted by molar-refractivity contribution is 9.10. The lowest BCUT2D eigenvalue weighted by atomic mass is 9.77. The van der Waals surface area contributed by atoms with Crippen LogP contribution in [0, 0.1) is 0 Å². The Morgan fingerprint density at radius 2 is 1.85 bits per heavy atom. The highest BCUT2D eigenvalue weighted by Gasteiger charge is 2.59. The predicted molar refractivity (Wildman–Crippen MR) is 101 cm³/mol. The Morgan fingerprint density at radius 1 is 1.15 bits per heavy atom. The van der Waals surface area contributed by atoms with Gasteiger partial charge in [-0.25, -0.2) is 0 Å². The number of aromatic nitrogens is 1. The standard InChI is InChI=1S/C19H14BrClF3NO2/c1-11(13-6-5-12(20)10-15(13)21)18(27,19(22,23)24)14-7-8-17(26)25-9-3-2-4-16(14)25/h2-11,27H,1H3. The molecule has 0 aliphatic heterocycles. The fourth-order valence-corrected chi connectivity index (χ4v) is 4.04. The molecule has 2 unspecified atom stereocenters. The van der Waals surface area contributed by atoms with E-state index in [0.717, 1.165) is 16.5 Å². The first-order valence-corrected chi connectivity index (χ1v) is 9.09. The van der Waals surface area contributed by atoms with E-state index in [4.69, 9.17) is 11.6 Å². The van der Waals surface area contributed by atoms with Gasteiger partial charge in [0.05, 0.1) is 5.52 Å². The SMILES string of the molecule is CC(c1ccc(Br)cc1Cl)C(O)(c1ccc(=O)n2ccccc12)C(F)(F)F. The molecule has 1 N–H and O–H groups in total. The van der Waals surface area contributed by atoms with E-state index in [-0.39, 0.29) is 16.1 Å². The maximum atomic E-state index is 14.2. The Labute approximate surface area is 166 Å². The van der Waals surface area contributed by atoms with Crippen LogP contribution in [0.4, 0.5) is 13.2 Å². The van der Waals surface area contributed by atoms with Crippen LogP contribution in [-0.4, -0.2) is 15.7 Å². The zero-order chi connectivity index (χ0) is 20.0. The lowest BCUT2D eigenvalue weighted by Gasteiger charge is -2.37.